The van der Waals surface area contributed by atoms with Crippen LogP contribution in [-0.4, -0.2) is 23.2 Å². The summed E-state index contributed by atoms with van der Waals surface area (Å²) in [6, 6.07) is 20.7. The van der Waals surface area contributed by atoms with E-state index in [-0.39, 0.29) is 5.75 Å². The van der Waals surface area contributed by atoms with Crippen molar-refractivity contribution in [3.8, 4) is 5.75 Å². The van der Waals surface area contributed by atoms with E-state index in [1.54, 1.807) is 60.7 Å². The summed E-state index contributed by atoms with van der Waals surface area (Å²) in [5.41, 5.74) is 4.49. The molecule has 1 amide bonds. The third-order valence-electron chi connectivity index (χ3n) is 4.28. The maximum absolute atomic E-state index is 12.5. The summed E-state index contributed by atoms with van der Waals surface area (Å²) in [7, 11) is 0. The Morgan fingerprint density at radius 3 is 2.50 bits per heavy atom. The summed E-state index contributed by atoms with van der Waals surface area (Å²) >= 11 is 3.36. The number of rotatable bonds is 6. The average molecular weight is 467 g/mol. The Kier molecular flexibility index (Phi) is 7.11. The number of aryl methyl sites for hydroxylation is 1. The van der Waals surface area contributed by atoms with E-state index in [0.29, 0.717) is 16.7 Å². The van der Waals surface area contributed by atoms with Crippen molar-refractivity contribution < 1.29 is 19.4 Å². The fourth-order valence-electron chi connectivity index (χ4n) is 2.68. The first-order valence-electron chi connectivity index (χ1n) is 9.09. The summed E-state index contributed by atoms with van der Waals surface area (Å²) in [4.78, 5) is 24.6. The maximum atomic E-state index is 12.5. The zero-order valence-corrected chi connectivity index (χ0v) is 17.7. The van der Waals surface area contributed by atoms with Crippen LogP contribution in [0.2, 0.25) is 0 Å². The Bertz CT molecular complexity index is 1080. The van der Waals surface area contributed by atoms with E-state index in [0.717, 1.165) is 10.0 Å². The van der Waals surface area contributed by atoms with Crippen molar-refractivity contribution in [1.29, 1.82) is 0 Å². The first kappa shape index (κ1) is 21.4. The van der Waals surface area contributed by atoms with Crippen molar-refractivity contribution in [2.24, 2.45) is 5.10 Å². The van der Waals surface area contributed by atoms with Crippen LogP contribution >= 0.6 is 15.9 Å². The zero-order chi connectivity index (χ0) is 21.5. The number of halogens is 1. The van der Waals surface area contributed by atoms with Gasteiger partial charge in [0.05, 0.1) is 11.8 Å². The van der Waals surface area contributed by atoms with Crippen LogP contribution in [-0.2, 0) is 4.79 Å². The first-order valence-corrected chi connectivity index (χ1v) is 9.88. The Labute approximate surface area is 182 Å². The fourth-order valence-corrected chi connectivity index (χ4v) is 3.06. The molecule has 0 aliphatic rings. The number of hydrogen-bond donors (Lipinski definition) is 2. The number of carbonyl (C=O) groups excluding carboxylic acids is 2. The van der Waals surface area contributed by atoms with Gasteiger partial charge >= 0.3 is 5.97 Å². The third-order valence-corrected chi connectivity index (χ3v) is 4.77. The lowest BCUT2D eigenvalue weighted by Crippen LogP contribution is -2.25. The SMILES string of the molecule is Cc1ccccc1C(=O)Oc1ccc(Br)cc1/C=N\NC(=O)[C@H](O)c1ccccc1. The van der Waals surface area contributed by atoms with Gasteiger partial charge in [0.2, 0.25) is 0 Å². The molecule has 7 heteroatoms. The van der Waals surface area contributed by atoms with E-state index in [1.807, 2.05) is 19.1 Å². The summed E-state index contributed by atoms with van der Waals surface area (Å²) in [6.45, 7) is 1.83. The van der Waals surface area contributed by atoms with Crippen molar-refractivity contribution in [3.63, 3.8) is 0 Å². The normalized spacial score (nSPS) is 11.8. The van der Waals surface area contributed by atoms with Gasteiger partial charge in [0.1, 0.15) is 5.75 Å². The molecule has 2 N–H and O–H groups in total. The molecule has 0 saturated heterocycles. The Morgan fingerprint density at radius 2 is 1.77 bits per heavy atom. The number of esters is 1. The zero-order valence-electron chi connectivity index (χ0n) is 16.1. The van der Waals surface area contributed by atoms with Gasteiger partial charge in [-0.15, -0.1) is 0 Å². The number of hydrogen-bond acceptors (Lipinski definition) is 5. The molecule has 3 aromatic carbocycles. The molecular weight excluding hydrogens is 448 g/mol. The van der Waals surface area contributed by atoms with Crippen molar-refractivity contribution in [2.75, 3.05) is 0 Å². The molecule has 0 saturated carbocycles. The Hall–Kier alpha value is -3.29. The number of nitrogens with zero attached hydrogens (tertiary/aromatic N) is 1. The smallest absolute Gasteiger partial charge is 0.343 e. The Balaban J connectivity index is 1.73. The van der Waals surface area contributed by atoms with Crippen molar-refractivity contribution in [2.45, 2.75) is 13.0 Å². The van der Waals surface area contributed by atoms with Gasteiger partial charge in [0.15, 0.2) is 6.10 Å². The molecule has 0 aromatic heterocycles. The maximum Gasteiger partial charge on any atom is 0.343 e. The average Bonchev–Trinajstić information content (AvgIpc) is 2.75. The second-order valence-corrected chi connectivity index (χ2v) is 7.35. The van der Waals surface area contributed by atoms with Crippen LogP contribution in [0.4, 0.5) is 0 Å². The van der Waals surface area contributed by atoms with Crippen molar-refractivity contribution in [3.05, 3.63) is 99.5 Å². The van der Waals surface area contributed by atoms with Crippen LogP contribution in [0.1, 0.15) is 33.2 Å². The van der Waals surface area contributed by atoms with Gasteiger partial charge in [-0.05, 0) is 42.3 Å². The van der Waals surface area contributed by atoms with Crippen LogP contribution in [0.15, 0.2) is 82.4 Å². The standard InChI is InChI=1S/C23H19BrN2O4/c1-15-7-5-6-10-19(15)23(29)30-20-12-11-18(24)13-17(20)14-25-26-22(28)21(27)16-8-3-2-4-9-16/h2-14,21,27H,1H3,(H,26,28)/b25-14-/t21-/m1/s1. The summed E-state index contributed by atoms with van der Waals surface area (Å²) in [6.07, 6.45) is 0.00473. The summed E-state index contributed by atoms with van der Waals surface area (Å²) in [5, 5.41) is 14.0. The highest BCUT2D eigenvalue weighted by Crippen LogP contribution is 2.23. The van der Waals surface area contributed by atoms with Crippen molar-refractivity contribution >= 4 is 34.0 Å². The molecule has 0 spiro atoms. The number of benzene rings is 3. The van der Waals surface area contributed by atoms with Crippen molar-refractivity contribution in [1.82, 2.24) is 5.43 Å². The lowest BCUT2D eigenvalue weighted by Gasteiger charge is -2.10. The predicted molar refractivity (Wildman–Crippen MR) is 117 cm³/mol. The molecule has 0 aliphatic carbocycles. The molecule has 1 atom stereocenters. The van der Waals surface area contributed by atoms with Gasteiger partial charge in [-0.1, -0.05) is 64.5 Å². The lowest BCUT2D eigenvalue weighted by molar-refractivity contribution is -0.129. The largest absolute Gasteiger partial charge is 0.422 e. The third kappa shape index (κ3) is 5.40. The molecule has 0 radical (unpaired) electrons. The van der Waals surface area contributed by atoms with Gasteiger partial charge < -0.3 is 9.84 Å². The number of carbonyl (C=O) groups is 2. The molecule has 3 rings (SSSR count). The molecular formula is C23H19BrN2O4. The summed E-state index contributed by atoms with van der Waals surface area (Å²) in [5.74, 6) is -0.882. The molecule has 0 unspecified atom stereocenters. The second kappa shape index (κ2) is 9.96. The van der Waals surface area contributed by atoms with Gasteiger partial charge in [-0.25, -0.2) is 10.2 Å². The molecule has 152 valence electrons. The van der Waals surface area contributed by atoms with Gasteiger partial charge in [0.25, 0.3) is 5.91 Å². The number of aliphatic hydroxyl groups is 1. The minimum Gasteiger partial charge on any atom is -0.422 e. The molecule has 0 heterocycles. The fraction of sp³-hybridized carbons (Fsp3) is 0.0870. The summed E-state index contributed by atoms with van der Waals surface area (Å²) < 4.78 is 6.27. The van der Waals surface area contributed by atoms with E-state index in [2.05, 4.69) is 26.5 Å². The minimum atomic E-state index is -1.34. The highest BCUT2D eigenvalue weighted by Gasteiger charge is 2.16. The van der Waals surface area contributed by atoms with Crippen LogP contribution < -0.4 is 10.2 Å². The van der Waals surface area contributed by atoms with Crippen LogP contribution in [0.25, 0.3) is 0 Å². The monoisotopic (exact) mass is 466 g/mol. The van der Waals surface area contributed by atoms with Crippen LogP contribution in [0.5, 0.6) is 5.75 Å². The molecule has 3 aromatic rings. The number of aliphatic hydroxyl groups excluding tert-OH is 1. The topological polar surface area (TPSA) is 88.0 Å². The molecule has 0 fully saturated rings. The highest BCUT2D eigenvalue weighted by atomic mass is 79.9. The number of amides is 1. The number of ether oxygens (including phenoxy) is 1. The number of nitrogens with one attached hydrogen (secondary N) is 1. The molecule has 30 heavy (non-hydrogen) atoms. The highest BCUT2D eigenvalue weighted by molar-refractivity contribution is 9.10. The minimum absolute atomic E-state index is 0.285. The van der Waals surface area contributed by atoms with Gasteiger partial charge in [-0.2, -0.15) is 5.10 Å². The first-order chi connectivity index (χ1) is 14.5. The predicted octanol–water partition coefficient (Wildman–Crippen LogP) is 4.16. The van der Waals surface area contributed by atoms with E-state index >= 15 is 0 Å². The molecule has 0 bridgehead atoms. The molecule has 0 aliphatic heterocycles. The lowest BCUT2D eigenvalue weighted by atomic mass is 10.1. The van der Waals surface area contributed by atoms with Crippen LogP contribution in [0, 0.1) is 6.92 Å². The van der Waals surface area contributed by atoms with E-state index in [9.17, 15) is 14.7 Å². The van der Waals surface area contributed by atoms with Crippen LogP contribution in [0.3, 0.4) is 0 Å². The molecule has 6 nitrogen and oxygen atoms in total. The quantitative estimate of drug-likeness (QED) is 0.247. The van der Waals surface area contributed by atoms with E-state index in [4.69, 9.17) is 4.74 Å². The second-order valence-electron chi connectivity index (χ2n) is 6.43. The van der Waals surface area contributed by atoms with Gasteiger partial charge in [-0.3, -0.25) is 4.79 Å². The van der Waals surface area contributed by atoms with Gasteiger partial charge in [0, 0.05) is 10.0 Å². The van der Waals surface area contributed by atoms with E-state index < -0.39 is 18.0 Å². The number of hydrazone groups is 1. The Morgan fingerprint density at radius 1 is 1.07 bits per heavy atom. The van der Waals surface area contributed by atoms with E-state index in [1.165, 1.54) is 6.21 Å².